The van der Waals surface area contributed by atoms with E-state index in [2.05, 4.69) is 14.6 Å². The normalized spacial score (nSPS) is 14.7. The van der Waals surface area contributed by atoms with E-state index in [0.717, 1.165) is 24.5 Å². The van der Waals surface area contributed by atoms with Crippen LogP contribution in [0, 0.1) is 0 Å². The van der Waals surface area contributed by atoms with Crippen LogP contribution in [-0.4, -0.2) is 48.6 Å². The zero-order valence-corrected chi connectivity index (χ0v) is 13.6. The van der Waals surface area contributed by atoms with Gasteiger partial charge >= 0.3 is 6.61 Å². The zero-order chi connectivity index (χ0) is 17.6. The van der Waals surface area contributed by atoms with E-state index in [0.29, 0.717) is 13.1 Å². The first-order chi connectivity index (χ1) is 12.1. The van der Waals surface area contributed by atoms with Crippen molar-refractivity contribution in [2.45, 2.75) is 13.0 Å². The van der Waals surface area contributed by atoms with Crippen LogP contribution in [0.4, 0.5) is 14.6 Å². The summed E-state index contributed by atoms with van der Waals surface area (Å²) in [6.45, 7) is -0.0828. The molecule has 1 aliphatic rings. The van der Waals surface area contributed by atoms with Gasteiger partial charge in [-0.3, -0.25) is 4.79 Å². The van der Waals surface area contributed by atoms with E-state index in [1.54, 1.807) is 18.3 Å². The lowest BCUT2D eigenvalue weighted by Crippen LogP contribution is -2.49. The zero-order valence-electron chi connectivity index (χ0n) is 13.6. The van der Waals surface area contributed by atoms with Crippen molar-refractivity contribution in [2.24, 2.45) is 0 Å². The summed E-state index contributed by atoms with van der Waals surface area (Å²) in [7, 11) is 0. The smallest absolute Gasteiger partial charge is 0.387 e. The van der Waals surface area contributed by atoms with Gasteiger partial charge in [-0.1, -0.05) is 18.2 Å². The van der Waals surface area contributed by atoms with E-state index in [9.17, 15) is 13.6 Å². The van der Waals surface area contributed by atoms with Gasteiger partial charge in [-0.15, -0.1) is 0 Å². The van der Waals surface area contributed by atoms with Crippen LogP contribution >= 0.6 is 0 Å². The Labute approximate surface area is 144 Å². The summed E-state index contributed by atoms with van der Waals surface area (Å²) in [5, 5.41) is 0. The molecular formula is C18H19F2N3O2. The molecule has 1 amide bonds. The van der Waals surface area contributed by atoms with Crippen molar-refractivity contribution < 1.29 is 18.3 Å². The molecule has 132 valence electrons. The molecule has 0 atom stereocenters. The fourth-order valence-electron chi connectivity index (χ4n) is 2.80. The number of alkyl halides is 2. The number of carbonyl (C=O) groups is 1. The van der Waals surface area contributed by atoms with Crippen molar-refractivity contribution in [2.75, 3.05) is 31.1 Å². The van der Waals surface area contributed by atoms with E-state index in [1.807, 2.05) is 23.1 Å². The minimum absolute atomic E-state index is 0.0307. The summed E-state index contributed by atoms with van der Waals surface area (Å²) in [4.78, 5) is 20.7. The van der Waals surface area contributed by atoms with Crippen molar-refractivity contribution >= 4 is 11.7 Å². The third kappa shape index (κ3) is 4.65. The molecule has 0 N–H and O–H groups in total. The van der Waals surface area contributed by atoms with Gasteiger partial charge < -0.3 is 14.5 Å². The number of amides is 1. The number of hydrogen-bond donors (Lipinski definition) is 0. The average Bonchev–Trinajstić information content (AvgIpc) is 2.64. The van der Waals surface area contributed by atoms with Crippen molar-refractivity contribution in [1.29, 1.82) is 0 Å². The molecule has 0 saturated carbocycles. The Morgan fingerprint density at radius 1 is 1.08 bits per heavy atom. The number of carbonyl (C=O) groups excluding carboxylic acids is 1. The quantitative estimate of drug-likeness (QED) is 0.834. The molecule has 7 heteroatoms. The summed E-state index contributed by atoms with van der Waals surface area (Å²) >= 11 is 0. The fourth-order valence-corrected chi connectivity index (χ4v) is 2.80. The molecule has 0 unspecified atom stereocenters. The van der Waals surface area contributed by atoms with Gasteiger partial charge in [0.05, 0.1) is 6.42 Å². The third-order valence-corrected chi connectivity index (χ3v) is 4.11. The molecule has 3 rings (SSSR count). The molecule has 1 saturated heterocycles. The molecule has 0 aliphatic carbocycles. The van der Waals surface area contributed by atoms with E-state index in [-0.39, 0.29) is 18.1 Å². The minimum Gasteiger partial charge on any atom is -0.435 e. The summed E-state index contributed by atoms with van der Waals surface area (Å²) in [6.07, 6.45) is 2.01. The largest absolute Gasteiger partial charge is 0.435 e. The van der Waals surface area contributed by atoms with Crippen LogP contribution in [0.5, 0.6) is 5.75 Å². The lowest BCUT2D eigenvalue weighted by Gasteiger charge is -2.35. The maximum atomic E-state index is 12.4. The second-order valence-electron chi connectivity index (χ2n) is 5.76. The second-order valence-corrected chi connectivity index (χ2v) is 5.76. The molecule has 1 aromatic heterocycles. The molecule has 2 heterocycles. The highest BCUT2D eigenvalue weighted by Crippen LogP contribution is 2.17. The highest BCUT2D eigenvalue weighted by molar-refractivity contribution is 5.79. The Kier molecular flexibility index (Phi) is 5.42. The minimum atomic E-state index is -2.84. The fraction of sp³-hybridized carbons (Fsp3) is 0.333. The van der Waals surface area contributed by atoms with Gasteiger partial charge in [-0.05, 0) is 29.8 Å². The summed E-state index contributed by atoms with van der Waals surface area (Å²) in [5.41, 5.74) is 0.777. The first-order valence-electron chi connectivity index (χ1n) is 8.09. The topological polar surface area (TPSA) is 45.7 Å². The Balaban J connectivity index is 1.51. The number of halogens is 2. The van der Waals surface area contributed by atoms with E-state index in [4.69, 9.17) is 0 Å². The molecule has 0 radical (unpaired) electrons. The van der Waals surface area contributed by atoms with Crippen molar-refractivity contribution in [3.05, 3.63) is 54.2 Å². The predicted octanol–water partition coefficient (Wildman–Crippen LogP) is 2.57. The lowest BCUT2D eigenvalue weighted by atomic mass is 10.1. The third-order valence-electron chi connectivity index (χ3n) is 4.11. The molecule has 5 nitrogen and oxygen atoms in total. The van der Waals surface area contributed by atoms with E-state index >= 15 is 0 Å². The molecule has 1 aliphatic heterocycles. The van der Waals surface area contributed by atoms with Crippen molar-refractivity contribution in [3.8, 4) is 5.75 Å². The first-order valence-corrected chi connectivity index (χ1v) is 8.09. The number of pyridine rings is 1. The van der Waals surface area contributed by atoms with Crippen molar-refractivity contribution in [1.82, 2.24) is 9.88 Å². The SMILES string of the molecule is O=C(Cc1ccc(OC(F)F)cc1)N1CCN(c2ccccn2)CC1. The molecule has 25 heavy (non-hydrogen) atoms. The maximum Gasteiger partial charge on any atom is 0.387 e. The van der Waals surface area contributed by atoms with Gasteiger partial charge in [0.2, 0.25) is 5.91 Å². The number of piperazine rings is 1. The number of anilines is 1. The summed E-state index contributed by atoms with van der Waals surface area (Å²) in [5.74, 6) is 1.04. The number of aromatic nitrogens is 1. The van der Waals surface area contributed by atoms with Gasteiger partial charge in [0.15, 0.2) is 0 Å². The first kappa shape index (κ1) is 17.1. The number of rotatable bonds is 5. The standard InChI is InChI=1S/C18H19F2N3O2/c19-18(20)25-15-6-4-14(5-7-15)13-17(24)23-11-9-22(10-12-23)16-3-1-2-8-21-16/h1-8,18H,9-13H2. The highest BCUT2D eigenvalue weighted by Gasteiger charge is 2.21. The van der Waals surface area contributed by atoms with E-state index in [1.165, 1.54) is 12.1 Å². The number of benzene rings is 1. The van der Waals surface area contributed by atoms with E-state index < -0.39 is 6.61 Å². The monoisotopic (exact) mass is 347 g/mol. The summed E-state index contributed by atoms with van der Waals surface area (Å²) < 4.78 is 28.6. The second kappa shape index (κ2) is 7.92. The van der Waals surface area contributed by atoms with Crippen molar-refractivity contribution in [3.63, 3.8) is 0 Å². The number of nitrogens with zero attached hydrogens (tertiary/aromatic N) is 3. The Morgan fingerprint density at radius 3 is 2.40 bits per heavy atom. The molecule has 0 bridgehead atoms. The average molecular weight is 347 g/mol. The number of hydrogen-bond acceptors (Lipinski definition) is 4. The molecule has 1 aromatic carbocycles. The van der Waals surface area contributed by atoms with Crippen LogP contribution in [0.3, 0.4) is 0 Å². The van der Waals surface area contributed by atoms with Crippen LogP contribution in [0.2, 0.25) is 0 Å². The van der Waals surface area contributed by atoms with Crippen LogP contribution in [0.1, 0.15) is 5.56 Å². The van der Waals surface area contributed by atoms with Gasteiger partial charge in [0.25, 0.3) is 0 Å². The Bertz CT molecular complexity index is 687. The van der Waals surface area contributed by atoms with Gasteiger partial charge in [-0.2, -0.15) is 8.78 Å². The molecule has 0 spiro atoms. The lowest BCUT2D eigenvalue weighted by molar-refractivity contribution is -0.130. The molecule has 1 fully saturated rings. The molecule has 2 aromatic rings. The van der Waals surface area contributed by atoms with Crippen LogP contribution < -0.4 is 9.64 Å². The predicted molar refractivity (Wildman–Crippen MR) is 89.8 cm³/mol. The van der Waals surface area contributed by atoms with Crippen LogP contribution in [0.15, 0.2) is 48.7 Å². The van der Waals surface area contributed by atoms with Gasteiger partial charge in [0.1, 0.15) is 11.6 Å². The Morgan fingerprint density at radius 2 is 1.80 bits per heavy atom. The van der Waals surface area contributed by atoms with Gasteiger partial charge in [-0.25, -0.2) is 4.98 Å². The van der Waals surface area contributed by atoms with Gasteiger partial charge in [0, 0.05) is 32.4 Å². The Hall–Kier alpha value is -2.70. The molecular weight excluding hydrogens is 328 g/mol. The maximum absolute atomic E-state index is 12.4. The highest BCUT2D eigenvalue weighted by atomic mass is 19.3. The van der Waals surface area contributed by atoms with Crippen LogP contribution in [-0.2, 0) is 11.2 Å². The summed E-state index contributed by atoms with van der Waals surface area (Å²) in [6, 6.07) is 12.0. The van der Waals surface area contributed by atoms with Crippen LogP contribution in [0.25, 0.3) is 0 Å². The number of ether oxygens (including phenoxy) is 1.